The predicted octanol–water partition coefficient (Wildman–Crippen LogP) is 1.64. The molecule has 1 aliphatic heterocycles. The van der Waals surface area contributed by atoms with E-state index in [0.717, 1.165) is 6.54 Å². The van der Waals surface area contributed by atoms with Crippen molar-refractivity contribution in [3.63, 3.8) is 0 Å². The van der Waals surface area contributed by atoms with Crippen molar-refractivity contribution < 1.29 is 0 Å². The van der Waals surface area contributed by atoms with E-state index in [1.54, 1.807) is 0 Å². The molecular formula is C11H22N2. The summed E-state index contributed by atoms with van der Waals surface area (Å²) in [6.45, 7) is 9.11. The summed E-state index contributed by atoms with van der Waals surface area (Å²) >= 11 is 0. The molecule has 1 aliphatic rings. The van der Waals surface area contributed by atoms with Gasteiger partial charge in [-0.15, -0.1) is 0 Å². The molecule has 0 spiro atoms. The van der Waals surface area contributed by atoms with Crippen LogP contribution < -0.4 is 5.32 Å². The van der Waals surface area contributed by atoms with E-state index in [2.05, 4.69) is 36.2 Å². The summed E-state index contributed by atoms with van der Waals surface area (Å²) < 4.78 is 0. The monoisotopic (exact) mass is 182 g/mol. The highest BCUT2D eigenvalue weighted by Gasteiger charge is 2.14. The largest absolute Gasteiger partial charge is 0.313 e. The number of hydrogen-bond acceptors (Lipinski definition) is 2. The van der Waals surface area contributed by atoms with Gasteiger partial charge in [0.2, 0.25) is 0 Å². The Hall–Kier alpha value is -0.340. The molecule has 1 rings (SSSR count). The van der Waals surface area contributed by atoms with Gasteiger partial charge in [-0.2, -0.15) is 0 Å². The zero-order valence-corrected chi connectivity index (χ0v) is 8.92. The molecule has 1 heterocycles. The summed E-state index contributed by atoms with van der Waals surface area (Å²) in [5, 5.41) is 3.57. The lowest BCUT2D eigenvalue weighted by Gasteiger charge is -2.21. The maximum Gasteiger partial charge on any atom is 0.0192 e. The van der Waals surface area contributed by atoms with E-state index in [0.29, 0.717) is 6.04 Å². The molecule has 1 fully saturated rings. The molecule has 0 aromatic heterocycles. The Morgan fingerprint density at radius 3 is 3.08 bits per heavy atom. The van der Waals surface area contributed by atoms with Crippen LogP contribution in [0.25, 0.3) is 0 Å². The van der Waals surface area contributed by atoms with Crippen LogP contribution in [0.15, 0.2) is 12.2 Å². The lowest BCUT2D eigenvalue weighted by molar-refractivity contribution is 0.292. The molecule has 0 bridgehead atoms. The Labute approximate surface area is 82.0 Å². The Kier molecular flexibility index (Phi) is 5.09. The zero-order chi connectivity index (χ0) is 9.52. The zero-order valence-electron chi connectivity index (χ0n) is 8.92. The molecule has 13 heavy (non-hydrogen) atoms. The summed E-state index contributed by atoms with van der Waals surface area (Å²) in [6.07, 6.45) is 6.91. The summed E-state index contributed by atoms with van der Waals surface area (Å²) in [6, 6.07) is 0.702. The normalized spacial score (nSPS) is 26.5. The van der Waals surface area contributed by atoms with Crippen molar-refractivity contribution >= 4 is 0 Å². The maximum atomic E-state index is 3.57. The van der Waals surface area contributed by atoms with Gasteiger partial charge < -0.3 is 5.32 Å². The van der Waals surface area contributed by atoms with E-state index in [-0.39, 0.29) is 0 Å². The van der Waals surface area contributed by atoms with E-state index in [9.17, 15) is 0 Å². The first-order valence-corrected chi connectivity index (χ1v) is 5.43. The average Bonchev–Trinajstić information content (AvgIpc) is 2.39. The molecule has 1 atom stereocenters. The number of nitrogens with zero attached hydrogens (tertiary/aromatic N) is 1. The van der Waals surface area contributed by atoms with Crippen LogP contribution in [0.2, 0.25) is 0 Å². The third-order valence-corrected chi connectivity index (χ3v) is 2.65. The Bertz CT molecular complexity index is 154. The molecular weight excluding hydrogens is 160 g/mol. The van der Waals surface area contributed by atoms with E-state index < -0.39 is 0 Å². The topological polar surface area (TPSA) is 15.3 Å². The second kappa shape index (κ2) is 6.17. The molecule has 0 aliphatic carbocycles. The molecule has 0 saturated carbocycles. The van der Waals surface area contributed by atoms with Gasteiger partial charge in [0.1, 0.15) is 0 Å². The number of hydrogen-bond donors (Lipinski definition) is 1. The standard InChI is InChI=1S/C11H22N2/c1-3-5-8-13-9-6-7-12-11(4-2)10-13/h3,5,11-12H,4,6-10H2,1-2H3/b5-3+. The van der Waals surface area contributed by atoms with E-state index in [1.165, 1.54) is 32.5 Å². The second-order valence-corrected chi connectivity index (χ2v) is 3.74. The first-order valence-electron chi connectivity index (χ1n) is 5.43. The van der Waals surface area contributed by atoms with Crippen molar-refractivity contribution in [2.45, 2.75) is 32.7 Å². The van der Waals surface area contributed by atoms with Gasteiger partial charge in [0, 0.05) is 19.1 Å². The molecule has 1 N–H and O–H groups in total. The average molecular weight is 182 g/mol. The Morgan fingerprint density at radius 1 is 1.54 bits per heavy atom. The Morgan fingerprint density at radius 2 is 2.38 bits per heavy atom. The van der Waals surface area contributed by atoms with Gasteiger partial charge in [0.05, 0.1) is 0 Å². The summed E-state index contributed by atoms with van der Waals surface area (Å²) in [5.74, 6) is 0. The van der Waals surface area contributed by atoms with Gasteiger partial charge >= 0.3 is 0 Å². The third-order valence-electron chi connectivity index (χ3n) is 2.65. The molecule has 1 unspecified atom stereocenters. The van der Waals surface area contributed by atoms with Crippen LogP contribution in [-0.2, 0) is 0 Å². The SMILES string of the molecule is C/C=C/CN1CCCNC(CC)C1. The van der Waals surface area contributed by atoms with Crippen molar-refractivity contribution in [1.82, 2.24) is 10.2 Å². The summed E-state index contributed by atoms with van der Waals surface area (Å²) in [7, 11) is 0. The fourth-order valence-corrected chi connectivity index (χ4v) is 1.77. The molecule has 0 aromatic carbocycles. The van der Waals surface area contributed by atoms with Crippen LogP contribution in [0.5, 0.6) is 0 Å². The first kappa shape index (κ1) is 10.7. The van der Waals surface area contributed by atoms with Crippen molar-refractivity contribution in [2.75, 3.05) is 26.2 Å². The Balaban J connectivity index is 2.34. The van der Waals surface area contributed by atoms with Gasteiger partial charge in [-0.25, -0.2) is 0 Å². The quantitative estimate of drug-likeness (QED) is 0.667. The number of nitrogens with one attached hydrogen (secondary N) is 1. The van der Waals surface area contributed by atoms with E-state index in [1.807, 2.05) is 0 Å². The van der Waals surface area contributed by atoms with E-state index >= 15 is 0 Å². The van der Waals surface area contributed by atoms with Crippen molar-refractivity contribution in [1.29, 1.82) is 0 Å². The van der Waals surface area contributed by atoms with Crippen LogP contribution in [0.3, 0.4) is 0 Å². The minimum atomic E-state index is 0.702. The highest BCUT2D eigenvalue weighted by molar-refractivity contribution is 4.84. The van der Waals surface area contributed by atoms with Crippen molar-refractivity contribution in [3.8, 4) is 0 Å². The molecule has 0 aromatic rings. The first-order chi connectivity index (χ1) is 6.36. The lowest BCUT2D eigenvalue weighted by Crippen LogP contribution is -2.37. The van der Waals surface area contributed by atoms with Crippen molar-refractivity contribution in [3.05, 3.63) is 12.2 Å². The number of allylic oxidation sites excluding steroid dienone is 1. The minimum absolute atomic E-state index is 0.702. The summed E-state index contributed by atoms with van der Waals surface area (Å²) in [5.41, 5.74) is 0. The fraction of sp³-hybridized carbons (Fsp3) is 0.818. The molecule has 2 nitrogen and oxygen atoms in total. The van der Waals surface area contributed by atoms with Crippen LogP contribution in [0.1, 0.15) is 26.7 Å². The van der Waals surface area contributed by atoms with Gasteiger partial charge in [-0.05, 0) is 32.9 Å². The molecule has 2 heteroatoms. The van der Waals surface area contributed by atoms with Gasteiger partial charge in [0.15, 0.2) is 0 Å². The molecule has 0 radical (unpaired) electrons. The summed E-state index contributed by atoms with van der Waals surface area (Å²) in [4.78, 5) is 2.54. The van der Waals surface area contributed by atoms with Gasteiger partial charge in [-0.3, -0.25) is 4.90 Å². The highest BCUT2D eigenvalue weighted by atomic mass is 15.2. The lowest BCUT2D eigenvalue weighted by atomic mass is 10.2. The number of rotatable bonds is 3. The molecule has 0 amide bonds. The van der Waals surface area contributed by atoms with Crippen LogP contribution >= 0.6 is 0 Å². The predicted molar refractivity (Wildman–Crippen MR) is 58.0 cm³/mol. The molecule has 1 saturated heterocycles. The fourth-order valence-electron chi connectivity index (χ4n) is 1.77. The van der Waals surface area contributed by atoms with Crippen LogP contribution in [0, 0.1) is 0 Å². The smallest absolute Gasteiger partial charge is 0.0192 e. The van der Waals surface area contributed by atoms with Crippen molar-refractivity contribution in [2.24, 2.45) is 0 Å². The van der Waals surface area contributed by atoms with Crippen LogP contribution in [0.4, 0.5) is 0 Å². The highest BCUT2D eigenvalue weighted by Crippen LogP contribution is 2.03. The van der Waals surface area contributed by atoms with Gasteiger partial charge in [0.25, 0.3) is 0 Å². The maximum absolute atomic E-state index is 3.57. The molecule has 76 valence electrons. The van der Waals surface area contributed by atoms with Gasteiger partial charge in [-0.1, -0.05) is 19.1 Å². The van der Waals surface area contributed by atoms with Crippen LogP contribution in [-0.4, -0.2) is 37.1 Å². The third kappa shape index (κ3) is 3.92. The van der Waals surface area contributed by atoms with E-state index in [4.69, 9.17) is 0 Å². The second-order valence-electron chi connectivity index (χ2n) is 3.74. The minimum Gasteiger partial charge on any atom is -0.313 e.